The Balaban J connectivity index is 2.40. The molecule has 0 saturated heterocycles. The van der Waals surface area contributed by atoms with E-state index in [-0.39, 0.29) is 0 Å². The third kappa shape index (κ3) is 2.34. The first kappa shape index (κ1) is 11.8. The van der Waals surface area contributed by atoms with Gasteiger partial charge in [0.1, 0.15) is 0 Å². The van der Waals surface area contributed by atoms with Crippen molar-refractivity contribution in [3.05, 3.63) is 39.1 Å². The molecule has 2 N–H and O–H groups in total. The van der Waals surface area contributed by atoms with E-state index in [2.05, 4.69) is 15.9 Å². The van der Waals surface area contributed by atoms with E-state index in [0.29, 0.717) is 5.02 Å². The van der Waals surface area contributed by atoms with Crippen molar-refractivity contribution < 1.29 is 0 Å². The average Bonchev–Trinajstić information content (AvgIpc) is 2.67. The van der Waals surface area contributed by atoms with Crippen LogP contribution in [0, 0.1) is 0 Å². The molecular formula is C11H10BrClN2S. The van der Waals surface area contributed by atoms with Gasteiger partial charge >= 0.3 is 0 Å². The van der Waals surface area contributed by atoms with Crippen LogP contribution in [0.25, 0.3) is 0 Å². The Kier molecular flexibility index (Phi) is 3.42. The highest BCUT2D eigenvalue weighted by molar-refractivity contribution is 9.11. The highest BCUT2D eigenvalue weighted by atomic mass is 79.9. The van der Waals surface area contributed by atoms with Crippen molar-refractivity contribution >= 4 is 55.2 Å². The van der Waals surface area contributed by atoms with Gasteiger partial charge in [0, 0.05) is 12.1 Å². The smallest absolute Gasteiger partial charge is 0.0962 e. The molecule has 2 rings (SSSR count). The SMILES string of the molecule is CN(c1ccc(Br)s1)c1cc(Cl)ccc1N. The van der Waals surface area contributed by atoms with Crippen molar-refractivity contribution in [1.82, 2.24) is 0 Å². The molecule has 0 amide bonds. The zero-order chi connectivity index (χ0) is 11.7. The Morgan fingerprint density at radius 2 is 2.06 bits per heavy atom. The summed E-state index contributed by atoms with van der Waals surface area (Å²) in [7, 11) is 1.97. The molecule has 1 heterocycles. The molecule has 84 valence electrons. The molecule has 5 heteroatoms. The number of thiophene rings is 1. The van der Waals surface area contributed by atoms with E-state index < -0.39 is 0 Å². The molecule has 16 heavy (non-hydrogen) atoms. The van der Waals surface area contributed by atoms with Gasteiger partial charge in [-0.15, -0.1) is 11.3 Å². The fourth-order valence-corrected chi connectivity index (χ4v) is 2.91. The van der Waals surface area contributed by atoms with Crippen molar-refractivity contribution in [1.29, 1.82) is 0 Å². The second kappa shape index (κ2) is 4.65. The maximum atomic E-state index is 5.97. The van der Waals surface area contributed by atoms with Gasteiger partial charge in [-0.05, 0) is 46.3 Å². The number of hydrogen-bond acceptors (Lipinski definition) is 3. The first-order chi connectivity index (χ1) is 7.58. The van der Waals surface area contributed by atoms with Gasteiger partial charge in [0.2, 0.25) is 0 Å². The van der Waals surface area contributed by atoms with Crippen LogP contribution >= 0.6 is 38.9 Å². The molecule has 0 radical (unpaired) electrons. The van der Waals surface area contributed by atoms with E-state index in [9.17, 15) is 0 Å². The summed E-state index contributed by atoms with van der Waals surface area (Å²) in [5.41, 5.74) is 7.56. The summed E-state index contributed by atoms with van der Waals surface area (Å²) in [5, 5.41) is 1.80. The molecule has 0 saturated carbocycles. The lowest BCUT2D eigenvalue weighted by Crippen LogP contribution is -2.09. The zero-order valence-corrected chi connectivity index (χ0v) is 11.7. The third-order valence-electron chi connectivity index (χ3n) is 2.24. The number of halogens is 2. The van der Waals surface area contributed by atoms with Gasteiger partial charge in [-0.3, -0.25) is 0 Å². The normalized spacial score (nSPS) is 10.4. The largest absolute Gasteiger partial charge is 0.397 e. The number of anilines is 3. The van der Waals surface area contributed by atoms with Gasteiger partial charge in [0.25, 0.3) is 0 Å². The molecule has 0 aliphatic rings. The van der Waals surface area contributed by atoms with Gasteiger partial charge in [-0.1, -0.05) is 11.6 Å². The maximum absolute atomic E-state index is 5.97. The van der Waals surface area contributed by atoms with Crippen molar-refractivity contribution in [3.63, 3.8) is 0 Å². The summed E-state index contributed by atoms with van der Waals surface area (Å²) in [6.07, 6.45) is 0. The first-order valence-electron chi connectivity index (χ1n) is 4.62. The minimum atomic E-state index is 0.687. The second-order valence-electron chi connectivity index (χ2n) is 3.34. The van der Waals surface area contributed by atoms with Crippen LogP contribution < -0.4 is 10.6 Å². The van der Waals surface area contributed by atoms with E-state index in [0.717, 1.165) is 20.2 Å². The number of nitrogens with zero attached hydrogens (tertiary/aromatic N) is 1. The Morgan fingerprint density at radius 3 is 2.69 bits per heavy atom. The van der Waals surface area contributed by atoms with E-state index in [4.69, 9.17) is 17.3 Å². The van der Waals surface area contributed by atoms with E-state index in [1.807, 2.05) is 36.2 Å². The van der Waals surface area contributed by atoms with Gasteiger partial charge in [-0.25, -0.2) is 0 Å². The molecule has 0 fully saturated rings. The quantitative estimate of drug-likeness (QED) is 0.826. The van der Waals surface area contributed by atoms with Gasteiger partial charge in [-0.2, -0.15) is 0 Å². The topological polar surface area (TPSA) is 29.3 Å². The van der Waals surface area contributed by atoms with E-state index in [1.54, 1.807) is 17.4 Å². The Bertz CT molecular complexity index is 512. The summed E-state index contributed by atoms with van der Waals surface area (Å²) in [4.78, 5) is 2.02. The molecule has 2 nitrogen and oxygen atoms in total. The number of nitrogen functional groups attached to an aromatic ring is 1. The predicted octanol–water partition coefficient (Wildman–Crippen LogP) is 4.51. The van der Waals surface area contributed by atoms with Crippen LogP contribution in [-0.2, 0) is 0 Å². The van der Waals surface area contributed by atoms with E-state index in [1.165, 1.54) is 0 Å². The minimum absolute atomic E-state index is 0.687. The molecule has 0 aliphatic carbocycles. The molecule has 0 unspecified atom stereocenters. The Hall–Kier alpha value is -0.710. The molecule has 1 aromatic carbocycles. The van der Waals surface area contributed by atoms with Crippen molar-refractivity contribution in [2.24, 2.45) is 0 Å². The molecule has 1 aromatic heterocycles. The summed E-state index contributed by atoms with van der Waals surface area (Å²) < 4.78 is 1.09. The summed E-state index contributed by atoms with van der Waals surface area (Å²) >= 11 is 11.1. The molecule has 0 spiro atoms. The van der Waals surface area contributed by atoms with Gasteiger partial charge in [0.05, 0.1) is 20.2 Å². The van der Waals surface area contributed by atoms with Crippen molar-refractivity contribution in [2.45, 2.75) is 0 Å². The summed E-state index contributed by atoms with van der Waals surface area (Å²) in [6.45, 7) is 0. The monoisotopic (exact) mass is 316 g/mol. The number of hydrogen-bond donors (Lipinski definition) is 1. The predicted molar refractivity (Wildman–Crippen MR) is 75.9 cm³/mol. The second-order valence-corrected chi connectivity index (χ2v) is 6.22. The van der Waals surface area contributed by atoms with Crippen LogP contribution in [0.2, 0.25) is 5.02 Å². The highest BCUT2D eigenvalue weighted by Gasteiger charge is 2.10. The Labute approximate surface area is 112 Å². The standard InChI is InChI=1S/C11H10BrClN2S/c1-15(11-5-4-10(12)16-11)9-6-7(13)2-3-8(9)14/h2-6H,14H2,1H3. The molecule has 0 bridgehead atoms. The lowest BCUT2D eigenvalue weighted by molar-refractivity contribution is 1.24. The van der Waals surface area contributed by atoms with Gasteiger partial charge < -0.3 is 10.6 Å². The third-order valence-corrected chi connectivity index (χ3v) is 4.18. The lowest BCUT2D eigenvalue weighted by atomic mass is 10.2. The molecule has 0 aliphatic heterocycles. The van der Waals surface area contributed by atoms with Crippen LogP contribution in [0.4, 0.5) is 16.4 Å². The molecule has 0 atom stereocenters. The molecular weight excluding hydrogens is 308 g/mol. The Morgan fingerprint density at radius 1 is 1.31 bits per heavy atom. The molecule has 2 aromatic rings. The minimum Gasteiger partial charge on any atom is -0.397 e. The highest BCUT2D eigenvalue weighted by Crippen LogP contribution is 2.36. The fourth-order valence-electron chi connectivity index (χ4n) is 1.41. The zero-order valence-electron chi connectivity index (χ0n) is 8.58. The van der Waals surface area contributed by atoms with Crippen LogP contribution in [0.5, 0.6) is 0 Å². The van der Waals surface area contributed by atoms with Crippen LogP contribution in [0.3, 0.4) is 0 Å². The van der Waals surface area contributed by atoms with Gasteiger partial charge in [0.15, 0.2) is 0 Å². The van der Waals surface area contributed by atoms with Crippen LogP contribution in [0.15, 0.2) is 34.1 Å². The first-order valence-corrected chi connectivity index (χ1v) is 6.61. The van der Waals surface area contributed by atoms with Crippen LogP contribution in [0.1, 0.15) is 0 Å². The summed E-state index contributed by atoms with van der Waals surface area (Å²) in [5.74, 6) is 0. The number of rotatable bonds is 2. The van der Waals surface area contributed by atoms with Crippen molar-refractivity contribution in [3.8, 4) is 0 Å². The number of nitrogens with two attached hydrogens (primary N) is 1. The van der Waals surface area contributed by atoms with E-state index >= 15 is 0 Å². The fraction of sp³-hybridized carbons (Fsp3) is 0.0909. The van der Waals surface area contributed by atoms with Crippen molar-refractivity contribution in [2.75, 3.05) is 17.7 Å². The van der Waals surface area contributed by atoms with Crippen LogP contribution in [-0.4, -0.2) is 7.05 Å². The maximum Gasteiger partial charge on any atom is 0.0962 e. The summed E-state index contributed by atoms with van der Waals surface area (Å²) in [6, 6.07) is 9.52. The lowest BCUT2D eigenvalue weighted by Gasteiger charge is -2.19. The average molecular weight is 318 g/mol. The number of benzene rings is 1.